The summed E-state index contributed by atoms with van der Waals surface area (Å²) in [5.74, 6) is -0.594. The summed E-state index contributed by atoms with van der Waals surface area (Å²) in [5, 5.41) is 3.27. The van der Waals surface area contributed by atoms with Gasteiger partial charge in [-0.25, -0.2) is 8.78 Å². The van der Waals surface area contributed by atoms with Crippen LogP contribution in [0.5, 0.6) is 0 Å². The molecule has 0 aliphatic heterocycles. The van der Waals surface area contributed by atoms with Crippen LogP contribution >= 0.6 is 15.9 Å². The Bertz CT molecular complexity index is 521. The molecule has 0 aliphatic carbocycles. The smallest absolute Gasteiger partial charge is 0.124 e. The van der Waals surface area contributed by atoms with E-state index in [1.54, 1.807) is 0 Å². The van der Waals surface area contributed by atoms with E-state index < -0.39 is 0 Å². The number of hydrogen-bond donors (Lipinski definition) is 1. The second-order valence-electron chi connectivity index (χ2n) is 4.76. The maximum absolute atomic E-state index is 13.6. The van der Waals surface area contributed by atoms with Crippen LogP contribution in [0.25, 0.3) is 0 Å². The summed E-state index contributed by atoms with van der Waals surface area (Å²) >= 11 is 3.29. The molecule has 2 rings (SSSR count). The van der Waals surface area contributed by atoms with Gasteiger partial charge in [0.05, 0.1) is 6.04 Å². The molecule has 0 aromatic heterocycles. The molecule has 4 heteroatoms. The highest BCUT2D eigenvalue weighted by atomic mass is 79.9. The molecule has 2 aromatic carbocycles. The van der Waals surface area contributed by atoms with Crippen LogP contribution in [0.15, 0.2) is 40.9 Å². The van der Waals surface area contributed by atoms with Crippen LogP contribution in [0, 0.1) is 18.6 Å². The van der Waals surface area contributed by atoms with Crippen molar-refractivity contribution >= 4 is 15.9 Å². The molecule has 0 fully saturated rings. The summed E-state index contributed by atoms with van der Waals surface area (Å²) in [6.07, 6.45) is 0. The number of halogens is 3. The summed E-state index contributed by atoms with van der Waals surface area (Å²) in [7, 11) is 0. The van der Waals surface area contributed by atoms with Crippen LogP contribution in [-0.4, -0.2) is 6.54 Å². The number of aryl methyl sites for hydroxylation is 1. The summed E-state index contributed by atoms with van der Waals surface area (Å²) < 4.78 is 27.8. The largest absolute Gasteiger partial charge is 0.307 e. The molecule has 0 amide bonds. The van der Waals surface area contributed by atoms with Gasteiger partial charge in [-0.15, -0.1) is 0 Å². The molecule has 1 atom stereocenters. The lowest BCUT2D eigenvalue weighted by Gasteiger charge is -2.20. The predicted molar refractivity (Wildman–Crippen MR) is 80.8 cm³/mol. The molecule has 0 saturated heterocycles. The van der Waals surface area contributed by atoms with Crippen LogP contribution < -0.4 is 5.32 Å². The fourth-order valence-corrected chi connectivity index (χ4v) is 2.79. The van der Waals surface area contributed by atoms with Gasteiger partial charge in [-0.1, -0.05) is 28.9 Å². The molecular weight excluding hydrogens is 324 g/mol. The Labute approximate surface area is 126 Å². The van der Waals surface area contributed by atoms with E-state index in [1.807, 2.05) is 26.0 Å². The molecule has 20 heavy (non-hydrogen) atoms. The zero-order chi connectivity index (χ0) is 14.7. The molecular formula is C16H16BrF2N. The van der Waals surface area contributed by atoms with Crippen LogP contribution in [-0.2, 0) is 0 Å². The molecule has 2 aromatic rings. The van der Waals surface area contributed by atoms with Crippen molar-refractivity contribution in [2.24, 2.45) is 0 Å². The van der Waals surface area contributed by atoms with E-state index in [0.717, 1.165) is 16.7 Å². The summed E-state index contributed by atoms with van der Waals surface area (Å²) in [4.78, 5) is 0. The Morgan fingerprint density at radius 1 is 1.00 bits per heavy atom. The molecule has 1 N–H and O–H groups in total. The van der Waals surface area contributed by atoms with Crippen molar-refractivity contribution in [1.82, 2.24) is 5.32 Å². The minimum Gasteiger partial charge on any atom is -0.307 e. The average molecular weight is 340 g/mol. The zero-order valence-corrected chi connectivity index (χ0v) is 13.0. The molecule has 0 bridgehead atoms. The number of benzene rings is 2. The first-order chi connectivity index (χ1) is 9.49. The lowest BCUT2D eigenvalue weighted by Crippen LogP contribution is -2.22. The quantitative estimate of drug-likeness (QED) is 0.848. The Morgan fingerprint density at radius 2 is 1.60 bits per heavy atom. The second kappa shape index (κ2) is 6.46. The molecule has 0 spiro atoms. The minimum atomic E-state index is -0.314. The highest BCUT2D eigenvalue weighted by molar-refractivity contribution is 9.10. The predicted octanol–water partition coefficient (Wildman–Crippen LogP) is 4.73. The van der Waals surface area contributed by atoms with Gasteiger partial charge in [0.25, 0.3) is 0 Å². The topological polar surface area (TPSA) is 12.0 Å². The van der Waals surface area contributed by atoms with Gasteiger partial charge in [0, 0.05) is 4.47 Å². The van der Waals surface area contributed by atoms with E-state index in [9.17, 15) is 8.78 Å². The molecule has 0 saturated carbocycles. The van der Waals surface area contributed by atoms with Crippen molar-refractivity contribution in [3.8, 4) is 0 Å². The molecule has 1 nitrogen and oxygen atoms in total. The maximum atomic E-state index is 13.6. The van der Waals surface area contributed by atoms with E-state index in [2.05, 4.69) is 21.2 Å². The van der Waals surface area contributed by atoms with Gasteiger partial charge in [0.2, 0.25) is 0 Å². The molecule has 0 radical (unpaired) electrons. The van der Waals surface area contributed by atoms with Gasteiger partial charge in [-0.3, -0.25) is 0 Å². The maximum Gasteiger partial charge on any atom is 0.124 e. The van der Waals surface area contributed by atoms with Crippen molar-refractivity contribution in [3.63, 3.8) is 0 Å². The summed E-state index contributed by atoms with van der Waals surface area (Å²) in [6.45, 7) is 4.51. The van der Waals surface area contributed by atoms with Crippen LogP contribution in [0.4, 0.5) is 8.78 Å². The van der Waals surface area contributed by atoms with Crippen molar-refractivity contribution in [1.29, 1.82) is 0 Å². The number of rotatable bonds is 4. The lowest BCUT2D eigenvalue weighted by molar-refractivity contribution is 0.591. The van der Waals surface area contributed by atoms with Gasteiger partial charge in [0.1, 0.15) is 11.6 Å². The van der Waals surface area contributed by atoms with E-state index in [1.165, 1.54) is 24.3 Å². The molecule has 0 aliphatic rings. The van der Waals surface area contributed by atoms with E-state index >= 15 is 0 Å². The van der Waals surface area contributed by atoms with E-state index in [0.29, 0.717) is 11.0 Å². The van der Waals surface area contributed by atoms with Gasteiger partial charge < -0.3 is 5.32 Å². The fraction of sp³-hybridized carbons (Fsp3) is 0.250. The zero-order valence-electron chi connectivity index (χ0n) is 11.4. The first kappa shape index (κ1) is 15.1. The number of nitrogens with one attached hydrogen (secondary N) is 1. The van der Waals surface area contributed by atoms with Crippen LogP contribution in [0.1, 0.15) is 29.7 Å². The third-order valence-corrected chi connectivity index (χ3v) is 3.48. The molecule has 1 unspecified atom stereocenters. The van der Waals surface area contributed by atoms with E-state index in [4.69, 9.17) is 0 Å². The van der Waals surface area contributed by atoms with Gasteiger partial charge >= 0.3 is 0 Å². The SMILES string of the molecule is CCNC(c1cc(C)cc(F)c1)c1cc(F)cc(Br)c1. The lowest BCUT2D eigenvalue weighted by atomic mass is 9.97. The third-order valence-electron chi connectivity index (χ3n) is 3.02. The Hall–Kier alpha value is -1.26. The Kier molecular flexibility index (Phi) is 4.89. The minimum absolute atomic E-state index is 0.235. The Morgan fingerprint density at radius 3 is 2.15 bits per heavy atom. The van der Waals surface area contributed by atoms with Crippen LogP contribution in [0.2, 0.25) is 0 Å². The highest BCUT2D eigenvalue weighted by Crippen LogP contribution is 2.27. The Balaban J connectivity index is 2.49. The van der Waals surface area contributed by atoms with Crippen molar-refractivity contribution in [2.45, 2.75) is 19.9 Å². The average Bonchev–Trinajstić information content (AvgIpc) is 2.33. The molecule has 0 heterocycles. The first-order valence-corrected chi connectivity index (χ1v) is 7.25. The van der Waals surface area contributed by atoms with Crippen molar-refractivity contribution < 1.29 is 8.78 Å². The number of hydrogen-bond acceptors (Lipinski definition) is 1. The molecule has 106 valence electrons. The standard InChI is InChI=1S/C16H16BrF2N/c1-3-20-16(11-4-10(2)5-14(18)7-11)12-6-13(17)9-15(19)8-12/h4-9,16,20H,3H2,1-2H3. The third kappa shape index (κ3) is 3.64. The van der Waals surface area contributed by atoms with Gasteiger partial charge in [0.15, 0.2) is 0 Å². The first-order valence-electron chi connectivity index (χ1n) is 6.46. The normalized spacial score (nSPS) is 12.4. The van der Waals surface area contributed by atoms with E-state index in [-0.39, 0.29) is 17.7 Å². The fourth-order valence-electron chi connectivity index (χ4n) is 2.31. The summed E-state index contributed by atoms with van der Waals surface area (Å²) in [5.41, 5.74) is 2.41. The summed E-state index contributed by atoms with van der Waals surface area (Å²) in [6, 6.07) is 9.36. The van der Waals surface area contributed by atoms with Crippen molar-refractivity contribution in [3.05, 3.63) is 69.2 Å². The van der Waals surface area contributed by atoms with Gasteiger partial charge in [-0.2, -0.15) is 0 Å². The van der Waals surface area contributed by atoms with Crippen molar-refractivity contribution in [2.75, 3.05) is 6.54 Å². The second-order valence-corrected chi connectivity index (χ2v) is 5.67. The van der Waals surface area contributed by atoms with Gasteiger partial charge in [-0.05, 0) is 60.5 Å². The van der Waals surface area contributed by atoms with Crippen LogP contribution in [0.3, 0.4) is 0 Å². The monoisotopic (exact) mass is 339 g/mol. The highest BCUT2D eigenvalue weighted by Gasteiger charge is 2.15.